The third-order valence-corrected chi connectivity index (χ3v) is 8.54. The topological polar surface area (TPSA) is 105 Å². The first-order chi connectivity index (χ1) is 19.6. The summed E-state index contributed by atoms with van der Waals surface area (Å²) < 4.78 is 38.4. The number of hydrogen-bond acceptors (Lipinski definition) is 6. The first kappa shape index (κ1) is 30.2. The summed E-state index contributed by atoms with van der Waals surface area (Å²) in [7, 11) is -3.89. The zero-order chi connectivity index (χ0) is 29.6. The second kappa shape index (κ2) is 13.3. The van der Waals surface area contributed by atoms with Crippen LogP contribution >= 0.6 is 11.6 Å². The maximum atomic E-state index is 14.2. The molecular formula is C30H34ClN3O6S. The maximum Gasteiger partial charge on any atom is 0.244 e. The molecule has 218 valence electrons. The van der Waals surface area contributed by atoms with E-state index in [-0.39, 0.29) is 43.1 Å². The molecule has 0 aromatic heterocycles. The average Bonchev–Trinajstić information content (AvgIpc) is 3.41. The number of benzene rings is 3. The Labute approximate surface area is 246 Å². The number of anilines is 1. The molecule has 3 aromatic carbocycles. The zero-order valence-corrected chi connectivity index (χ0v) is 24.8. The SMILES string of the molecule is CCS(=O)(=O)N(CC(=O)N(Cc1cccc(Cl)c1)[C@H](Cc1ccccc1)C(=O)NC(C)C)c1ccc2c(c1)OCO2. The monoisotopic (exact) mass is 599 g/mol. The molecular weight excluding hydrogens is 566 g/mol. The standard InChI is InChI=1S/C30H34ClN3O6S/c1-4-41(37,38)34(25-13-14-27-28(17-25)40-20-39-27)19-29(35)33(18-23-11-8-12-24(31)15-23)26(30(36)32-21(2)3)16-22-9-6-5-7-10-22/h5-15,17,21,26H,4,16,18-20H2,1-3H3,(H,32,36)/t26-/m1/s1. The number of hydrogen-bond donors (Lipinski definition) is 1. The Morgan fingerprint density at radius 2 is 1.66 bits per heavy atom. The van der Waals surface area contributed by atoms with Crippen molar-refractivity contribution in [2.75, 3.05) is 23.4 Å². The Morgan fingerprint density at radius 1 is 0.951 bits per heavy atom. The number of ether oxygens (including phenoxy) is 2. The molecule has 9 nitrogen and oxygen atoms in total. The number of carbonyl (C=O) groups is 2. The van der Waals surface area contributed by atoms with Gasteiger partial charge in [-0.2, -0.15) is 0 Å². The third-order valence-electron chi connectivity index (χ3n) is 6.57. The van der Waals surface area contributed by atoms with Crippen LogP contribution in [0.2, 0.25) is 5.02 Å². The molecule has 0 spiro atoms. The lowest BCUT2D eigenvalue weighted by molar-refractivity contribution is -0.140. The second-order valence-corrected chi connectivity index (χ2v) is 12.6. The van der Waals surface area contributed by atoms with E-state index < -0.39 is 28.5 Å². The Morgan fingerprint density at radius 3 is 2.34 bits per heavy atom. The molecule has 1 aliphatic rings. The van der Waals surface area contributed by atoms with Gasteiger partial charge < -0.3 is 19.7 Å². The smallest absolute Gasteiger partial charge is 0.244 e. The lowest BCUT2D eigenvalue weighted by atomic mass is 10.0. The molecule has 3 aromatic rings. The van der Waals surface area contributed by atoms with Crippen LogP contribution in [-0.2, 0) is 32.6 Å². The van der Waals surface area contributed by atoms with E-state index in [1.165, 1.54) is 17.9 Å². The molecule has 0 saturated carbocycles. The molecule has 11 heteroatoms. The van der Waals surface area contributed by atoms with Gasteiger partial charge in [-0.3, -0.25) is 13.9 Å². The van der Waals surface area contributed by atoms with Crippen LogP contribution in [0, 0.1) is 0 Å². The predicted molar refractivity (Wildman–Crippen MR) is 159 cm³/mol. The largest absolute Gasteiger partial charge is 0.454 e. The van der Waals surface area contributed by atoms with Gasteiger partial charge in [0.25, 0.3) is 0 Å². The molecule has 41 heavy (non-hydrogen) atoms. The van der Waals surface area contributed by atoms with Crippen LogP contribution in [0.15, 0.2) is 72.8 Å². The maximum absolute atomic E-state index is 14.2. The third kappa shape index (κ3) is 7.71. The van der Waals surface area contributed by atoms with Crippen molar-refractivity contribution in [1.29, 1.82) is 0 Å². The summed E-state index contributed by atoms with van der Waals surface area (Å²) in [6, 6.07) is 20.0. The van der Waals surface area contributed by atoms with Crippen molar-refractivity contribution in [1.82, 2.24) is 10.2 Å². The van der Waals surface area contributed by atoms with Crippen LogP contribution in [0.5, 0.6) is 11.5 Å². The van der Waals surface area contributed by atoms with Crippen LogP contribution in [0.25, 0.3) is 0 Å². The van der Waals surface area contributed by atoms with Crippen molar-refractivity contribution in [3.05, 3.63) is 88.9 Å². The average molecular weight is 600 g/mol. The van der Waals surface area contributed by atoms with Gasteiger partial charge in [0.15, 0.2) is 11.5 Å². The van der Waals surface area contributed by atoms with Crippen LogP contribution in [0.1, 0.15) is 31.9 Å². The molecule has 0 saturated heterocycles. The van der Waals surface area contributed by atoms with Crippen molar-refractivity contribution < 1.29 is 27.5 Å². The van der Waals surface area contributed by atoms with Crippen molar-refractivity contribution in [2.45, 2.75) is 45.8 Å². The van der Waals surface area contributed by atoms with Gasteiger partial charge in [-0.1, -0.05) is 54.1 Å². The molecule has 0 radical (unpaired) electrons. The highest BCUT2D eigenvalue weighted by Gasteiger charge is 2.34. The summed E-state index contributed by atoms with van der Waals surface area (Å²) in [5.41, 5.74) is 1.82. The molecule has 1 aliphatic heterocycles. The Bertz CT molecular complexity index is 1480. The van der Waals surface area contributed by atoms with Gasteiger partial charge in [-0.05, 0) is 56.2 Å². The lowest BCUT2D eigenvalue weighted by Gasteiger charge is -2.34. The van der Waals surface area contributed by atoms with Crippen LogP contribution in [-0.4, -0.2) is 56.3 Å². The molecule has 1 atom stereocenters. The van der Waals surface area contributed by atoms with E-state index in [0.29, 0.717) is 22.1 Å². The normalized spacial score (nSPS) is 13.1. The van der Waals surface area contributed by atoms with E-state index in [1.807, 2.05) is 50.2 Å². The number of halogens is 1. The summed E-state index contributed by atoms with van der Waals surface area (Å²) in [6.07, 6.45) is 0.232. The van der Waals surface area contributed by atoms with E-state index in [0.717, 1.165) is 9.87 Å². The Hall–Kier alpha value is -3.76. The van der Waals surface area contributed by atoms with Gasteiger partial charge in [0, 0.05) is 30.1 Å². The number of amides is 2. The minimum atomic E-state index is -3.89. The number of fused-ring (bicyclic) bond motifs is 1. The zero-order valence-electron chi connectivity index (χ0n) is 23.2. The van der Waals surface area contributed by atoms with Gasteiger partial charge >= 0.3 is 0 Å². The quantitative estimate of drug-likeness (QED) is 0.331. The fourth-order valence-electron chi connectivity index (χ4n) is 4.53. The molecule has 4 rings (SSSR count). The highest BCUT2D eigenvalue weighted by Crippen LogP contribution is 2.36. The fraction of sp³-hybridized carbons (Fsp3) is 0.333. The van der Waals surface area contributed by atoms with Crippen LogP contribution in [0.4, 0.5) is 5.69 Å². The second-order valence-electron chi connectivity index (χ2n) is 9.97. The number of rotatable bonds is 12. The van der Waals surface area contributed by atoms with E-state index in [4.69, 9.17) is 21.1 Å². The van der Waals surface area contributed by atoms with Crippen LogP contribution < -0.4 is 19.1 Å². The van der Waals surface area contributed by atoms with E-state index >= 15 is 0 Å². The van der Waals surface area contributed by atoms with Crippen molar-refractivity contribution in [3.8, 4) is 11.5 Å². The van der Waals surface area contributed by atoms with E-state index in [2.05, 4.69) is 5.32 Å². The van der Waals surface area contributed by atoms with Crippen molar-refractivity contribution >= 4 is 39.1 Å². The first-order valence-electron chi connectivity index (χ1n) is 13.4. The molecule has 0 aliphatic carbocycles. The predicted octanol–water partition coefficient (Wildman–Crippen LogP) is 4.39. The molecule has 0 bridgehead atoms. The number of carbonyl (C=O) groups excluding carboxylic acids is 2. The van der Waals surface area contributed by atoms with E-state index in [9.17, 15) is 18.0 Å². The van der Waals surface area contributed by atoms with Crippen molar-refractivity contribution in [2.24, 2.45) is 0 Å². The number of nitrogens with one attached hydrogen (secondary N) is 1. The summed E-state index contributed by atoms with van der Waals surface area (Å²) in [5, 5.41) is 3.41. The summed E-state index contributed by atoms with van der Waals surface area (Å²) in [4.78, 5) is 29.2. The highest BCUT2D eigenvalue weighted by atomic mass is 35.5. The van der Waals surface area contributed by atoms with Gasteiger partial charge in [0.1, 0.15) is 12.6 Å². The fourth-order valence-corrected chi connectivity index (χ4v) is 5.79. The molecule has 2 amide bonds. The summed E-state index contributed by atoms with van der Waals surface area (Å²) in [6.45, 7) is 4.75. The number of sulfonamides is 1. The molecule has 1 heterocycles. The van der Waals surface area contributed by atoms with Crippen LogP contribution in [0.3, 0.4) is 0 Å². The number of nitrogens with zero attached hydrogens (tertiary/aromatic N) is 2. The van der Waals surface area contributed by atoms with Crippen molar-refractivity contribution in [3.63, 3.8) is 0 Å². The van der Waals surface area contributed by atoms with E-state index in [1.54, 1.807) is 30.3 Å². The van der Waals surface area contributed by atoms with Gasteiger partial charge in [-0.25, -0.2) is 8.42 Å². The first-order valence-corrected chi connectivity index (χ1v) is 15.3. The lowest BCUT2D eigenvalue weighted by Crippen LogP contribution is -2.54. The minimum Gasteiger partial charge on any atom is -0.454 e. The molecule has 0 fully saturated rings. The van der Waals surface area contributed by atoms with Gasteiger partial charge in [-0.15, -0.1) is 0 Å². The molecule has 0 unspecified atom stereocenters. The van der Waals surface area contributed by atoms with Gasteiger partial charge in [0.05, 0.1) is 11.4 Å². The Balaban J connectivity index is 1.75. The summed E-state index contributed by atoms with van der Waals surface area (Å²) in [5.74, 6) is -0.235. The molecule has 1 N–H and O–H groups in total. The Kier molecular flexibility index (Phi) is 9.77. The summed E-state index contributed by atoms with van der Waals surface area (Å²) >= 11 is 6.25. The minimum absolute atomic E-state index is 0.0256. The highest BCUT2D eigenvalue weighted by molar-refractivity contribution is 7.92. The van der Waals surface area contributed by atoms with Gasteiger partial charge in [0.2, 0.25) is 28.6 Å².